The summed E-state index contributed by atoms with van der Waals surface area (Å²) in [4.78, 5) is 2.51. The lowest BCUT2D eigenvalue weighted by atomic mass is 10.1. The molecule has 2 atom stereocenters. The Bertz CT molecular complexity index is 350. The molecule has 2 rings (SSSR count). The van der Waals surface area contributed by atoms with Gasteiger partial charge in [-0.2, -0.15) is 0 Å². The van der Waals surface area contributed by atoms with Gasteiger partial charge in [-0.1, -0.05) is 12.1 Å². The van der Waals surface area contributed by atoms with Crippen LogP contribution in [0.1, 0.15) is 25.3 Å². The van der Waals surface area contributed by atoms with Crippen molar-refractivity contribution in [2.45, 2.75) is 38.5 Å². The van der Waals surface area contributed by atoms with Gasteiger partial charge in [-0.15, -0.1) is 0 Å². The van der Waals surface area contributed by atoms with Crippen LogP contribution in [0.25, 0.3) is 0 Å². The number of benzene rings is 1. The van der Waals surface area contributed by atoms with E-state index in [4.69, 9.17) is 10.5 Å². The third kappa shape index (κ3) is 2.99. The van der Waals surface area contributed by atoms with E-state index in [0.717, 1.165) is 12.2 Å². The van der Waals surface area contributed by atoms with Crippen molar-refractivity contribution in [3.63, 3.8) is 0 Å². The molecule has 1 heterocycles. The van der Waals surface area contributed by atoms with Crippen LogP contribution in [-0.4, -0.2) is 30.7 Å². The van der Waals surface area contributed by atoms with Crippen LogP contribution in [0.3, 0.4) is 0 Å². The van der Waals surface area contributed by atoms with Gasteiger partial charge in [0.1, 0.15) is 0 Å². The first-order valence-electron chi connectivity index (χ1n) is 6.32. The summed E-state index contributed by atoms with van der Waals surface area (Å²) >= 11 is 0. The first-order chi connectivity index (χ1) is 8.20. The fourth-order valence-electron chi connectivity index (χ4n) is 2.59. The van der Waals surface area contributed by atoms with Gasteiger partial charge in [-0.25, -0.2) is 0 Å². The lowest BCUT2D eigenvalue weighted by molar-refractivity contribution is 0.0411. The minimum Gasteiger partial charge on any atom is -0.399 e. The molecule has 17 heavy (non-hydrogen) atoms. The van der Waals surface area contributed by atoms with Gasteiger partial charge in [0, 0.05) is 25.4 Å². The summed E-state index contributed by atoms with van der Waals surface area (Å²) in [7, 11) is 1.80. The van der Waals surface area contributed by atoms with E-state index in [9.17, 15) is 0 Å². The number of likely N-dealkylation sites (tertiary alicyclic amines) is 1. The quantitative estimate of drug-likeness (QED) is 0.812. The van der Waals surface area contributed by atoms with Crippen molar-refractivity contribution in [2.24, 2.45) is 0 Å². The van der Waals surface area contributed by atoms with Gasteiger partial charge in [0.25, 0.3) is 0 Å². The molecule has 94 valence electrons. The molecule has 0 bridgehead atoms. The SMILES string of the molecule is CO[C@H](C)[C@H]1CCCN1Cc1ccc(N)cc1. The molecule has 0 aromatic heterocycles. The molecule has 1 aromatic rings. The van der Waals surface area contributed by atoms with Crippen molar-refractivity contribution in [1.29, 1.82) is 0 Å². The van der Waals surface area contributed by atoms with E-state index >= 15 is 0 Å². The summed E-state index contributed by atoms with van der Waals surface area (Å²) in [6.07, 6.45) is 2.82. The smallest absolute Gasteiger partial charge is 0.0698 e. The van der Waals surface area contributed by atoms with E-state index in [1.54, 1.807) is 7.11 Å². The van der Waals surface area contributed by atoms with Gasteiger partial charge >= 0.3 is 0 Å². The van der Waals surface area contributed by atoms with Gasteiger partial charge in [0.15, 0.2) is 0 Å². The largest absolute Gasteiger partial charge is 0.399 e. The summed E-state index contributed by atoms with van der Waals surface area (Å²) in [5, 5.41) is 0. The van der Waals surface area contributed by atoms with E-state index in [-0.39, 0.29) is 0 Å². The van der Waals surface area contributed by atoms with Gasteiger partial charge in [-0.05, 0) is 44.0 Å². The molecule has 0 amide bonds. The van der Waals surface area contributed by atoms with Crippen LogP contribution in [0.5, 0.6) is 0 Å². The van der Waals surface area contributed by atoms with Crippen molar-refractivity contribution in [3.05, 3.63) is 29.8 Å². The Morgan fingerprint density at radius 2 is 2.12 bits per heavy atom. The second-order valence-corrected chi connectivity index (χ2v) is 4.86. The number of rotatable bonds is 4. The predicted octanol–water partition coefficient (Wildman–Crippen LogP) is 2.27. The average Bonchev–Trinajstić information content (AvgIpc) is 2.79. The van der Waals surface area contributed by atoms with Crippen LogP contribution >= 0.6 is 0 Å². The molecular formula is C14H22N2O. The topological polar surface area (TPSA) is 38.5 Å². The third-order valence-corrected chi connectivity index (χ3v) is 3.69. The molecule has 1 aliphatic rings. The number of nitrogens with two attached hydrogens (primary N) is 1. The molecule has 0 saturated carbocycles. The Morgan fingerprint density at radius 3 is 2.76 bits per heavy atom. The Hall–Kier alpha value is -1.06. The number of hydrogen-bond donors (Lipinski definition) is 1. The van der Waals surface area contributed by atoms with Crippen LogP contribution in [-0.2, 0) is 11.3 Å². The zero-order valence-corrected chi connectivity index (χ0v) is 10.7. The summed E-state index contributed by atoms with van der Waals surface area (Å²) in [6.45, 7) is 4.33. The summed E-state index contributed by atoms with van der Waals surface area (Å²) in [6, 6.07) is 8.72. The number of nitrogen functional groups attached to an aromatic ring is 1. The van der Waals surface area contributed by atoms with E-state index < -0.39 is 0 Å². The Balaban J connectivity index is 2.00. The van der Waals surface area contributed by atoms with Crippen molar-refractivity contribution in [2.75, 3.05) is 19.4 Å². The molecule has 3 heteroatoms. The summed E-state index contributed by atoms with van der Waals surface area (Å²) < 4.78 is 5.46. The van der Waals surface area contributed by atoms with Crippen molar-refractivity contribution in [1.82, 2.24) is 4.90 Å². The van der Waals surface area contributed by atoms with E-state index in [2.05, 4.69) is 24.0 Å². The maximum absolute atomic E-state index is 5.70. The number of methoxy groups -OCH3 is 1. The Labute approximate surface area is 104 Å². The van der Waals surface area contributed by atoms with Crippen LogP contribution < -0.4 is 5.73 Å². The summed E-state index contributed by atoms with van der Waals surface area (Å²) in [5.74, 6) is 0. The first kappa shape index (κ1) is 12.4. The zero-order chi connectivity index (χ0) is 12.3. The maximum Gasteiger partial charge on any atom is 0.0698 e. The second kappa shape index (κ2) is 5.52. The fraction of sp³-hybridized carbons (Fsp3) is 0.571. The lowest BCUT2D eigenvalue weighted by Crippen LogP contribution is -2.37. The molecule has 3 nitrogen and oxygen atoms in total. The minimum absolute atomic E-state index is 0.311. The number of anilines is 1. The average molecular weight is 234 g/mol. The standard InChI is InChI=1S/C14H22N2O/c1-11(17-2)14-4-3-9-16(14)10-12-5-7-13(15)8-6-12/h5-8,11,14H,3-4,9-10,15H2,1-2H3/t11-,14-/m1/s1. The normalized spacial score (nSPS) is 22.8. The minimum atomic E-state index is 0.311. The highest BCUT2D eigenvalue weighted by Gasteiger charge is 2.28. The Morgan fingerprint density at radius 1 is 1.41 bits per heavy atom. The molecule has 2 N–H and O–H groups in total. The number of ether oxygens (including phenoxy) is 1. The zero-order valence-electron chi connectivity index (χ0n) is 10.7. The van der Waals surface area contributed by atoms with E-state index in [0.29, 0.717) is 12.1 Å². The van der Waals surface area contributed by atoms with Gasteiger partial charge < -0.3 is 10.5 Å². The van der Waals surface area contributed by atoms with Gasteiger partial charge in [0.05, 0.1) is 6.10 Å². The molecule has 0 radical (unpaired) electrons. The monoisotopic (exact) mass is 234 g/mol. The highest BCUT2D eigenvalue weighted by Crippen LogP contribution is 2.23. The highest BCUT2D eigenvalue weighted by atomic mass is 16.5. The van der Waals surface area contributed by atoms with E-state index in [1.165, 1.54) is 24.9 Å². The first-order valence-corrected chi connectivity index (χ1v) is 6.32. The second-order valence-electron chi connectivity index (χ2n) is 4.86. The van der Waals surface area contributed by atoms with Crippen LogP contribution in [0.2, 0.25) is 0 Å². The molecule has 1 saturated heterocycles. The van der Waals surface area contributed by atoms with Gasteiger partial charge in [0.2, 0.25) is 0 Å². The van der Waals surface area contributed by atoms with Crippen LogP contribution in [0.4, 0.5) is 5.69 Å². The van der Waals surface area contributed by atoms with Gasteiger partial charge in [-0.3, -0.25) is 4.90 Å². The van der Waals surface area contributed by atoms with E-state index in [1.807, 2.05) is 12.1 Å². The highest BCUT2D eigenvalue weighted by molar-refractivity contribution is 5.39. The number of hydrogen-bond acceptors (Lipinski definition) is 3. The van der Waals surface area contributed by atoms with Crippen LogP contribution in [0, 0.1) is 0 Å². The molecule has 1 fully saturated rings. The predicted molar refractivity (Wildman–Crippen MR) is 70.8 cm³/mol. The lowest BCUT2D eigenvalue weighted by Gasteiger charge is -2.28. The third-order valence-electron chi connectivity index (χ3n) is 3.69. The molecule has 1 aromatic carbocycles. The molecular weight excluding hydrogens is 212 g/mol. The molecule has 0 aliphatic carbocycles. The van der Waals surface area contributed by atoms with Crippen molar-refractivity contribution < 1.29 is 4.74 Å². The number of nitrogens with zero attached hydrogens (tertiary/aromatic N) is 1. The molecule has 0 unspecified atom stereocenters. The summed E-state index contributed by atoms with van der Waals surface area (Å²) in [5.41, 5.74) is 7.86. The fourth-order valence-corrected chi connectivity index (χ4v) is 2.59. The van der Waals surface area contributed by atoms with Crippen molar-refractivity contribution in [3.8, 4) is 0 Å². The molecule has 0 spiro atoms. The Kier molecular flexibility index (Phi) is 4.02. The van der Waals surface area contributed by atoms with Crippen LogP contribution in [0.15, 0.2) is 24.3 Å². The maximum atomic E-state index is 5.70. The van der Waals surface area contributed by atoms with Crippen molar-refractivity contribution >= 4 is 5.69 Å². The molecule has 1 aliphatic heterocycles.